The Morgan fingerprint density at radius 1 is 1.10 bits per heavy atom. The summed E-state index contributed by atoms with van der Waals surface area (Å²) in [5.74, 6) is 0.841. The minimum Gasteiger partial charge on any atom is -0.356 e. The van der Waals surface area contributed by atoms with Crippen LogP contribution in [-0.4, -0.2) is 51.0 Å². The zero-order chi connectivity index (χ0) is 21.4. The van der Waals surface area contributed by atoms with E-state index < -0.39 is 0 Å². The van der Waals surface area contributed by atoms with Crippen molar-refractivity contribution in [1.82, 2.24) is 15.5 Å². The van der Waals surface area contributed by atoms with Gasteiger partial charge in [0.1, 0.15) is 0 Å². The molecule has 2 aromatic rings. The fraction of sp³-hybridized carbons (Fsp3) is 0.364. The molecule has 2 rings (SSSR count). The lowest BCUT2D eigenvalue weighted by Crippen LogP contribution is -2.40. The van der Waals surface area contributed by atoms with Crippen molar-refractivity contribution in [2.24, 2.45) is 4.99 Å². The van der Waals surface area contributed by atoms with Gasteiger partial charge >= 0.3 is 0 Å². The quantitative estimate of drug-likeness (QED) is 0.506. The number of aliphatic imine (C=N–C) groups is 1. The smallest absolute Gasteiger partial charge is 0.253 e. The predicted octanol–water partition coefficient (Wildman–Crippen LogP) is 4.21. The predicted molar refractivity (Wildman–Crippen MR) is 122 cm³/mol. The molecule has 7 heteroatoms. The Hall–Kier alpha value is -2.24. The molecule has 2 N–H and O–H groups in total. The normalized spacial score (nSPS) is 12.4. The summed E-state index contributed by atoms with van der Waals surface area (Å²) in [6.07, 6.45) is 0.779. The number of nitrogens with zero attached hydrogens (tertiary/aromatic N) is 2. The third kappa shape index (κ3) is 6.65. The third-order valence-corrected chi connectivity index (χ3v) is 5.24. The SMILES string of the molecule is CN=C(NCCc1cccc(C(=O)N(C)C)c1)NCC(C)c1c(Cl)cccc1Cl. The first-order valence-corrected chi connectivity index (χ1v) is 10.3. The average molecular weight is 435 g/mol. The average Bonchev–Trinajstić information content (AvgIpc) is 2.70. The first-order valence-electron chi connectivity index (χ1n) is 9.52. The van der Waals surface area contributed by atoms with Gasteiger partial charge in [-0.25, -0.2) is 0 Å². The van der Waals surface area contributed by atoms with Crippen LogP contribution in [0.4, 0.5) is 0 Å². The molecule has 0 aromatic heterocycles. The number of nitrogens with one attached hydrogen (secondary N) is 2. The van der Waals surface area contributed by atoms with Crippen LogP contribution in [0.1, 0.15) is 34.3 Å². The molecular weight excluding hydrogens is 407 g/mol. The first-order chi connectivity index (χ1) is 13.8. The molecule has 0 fully saturated rings. The lowest BCUT2D eigenvalue weighted by atomic mass is 10.0. The molecule has 0 aliphatic heterocycles. The number of halogens is 2. The van der Waals surface area contributed by atoms with Crippen LogP contribution in [0.2, 0.25) is 10.0 Å². The molecule has 5 nitrogen and oxygen atoms in total. The van der Waals surface area contributed by atoms with Crippen LogP contribution in [-0.2, 0) is 6.42 Å². The molecule has 29 heavy (non-hydrogen) atoms. The summed E-state index contributed by atoms with van der Waals surface area (Å²) >= 11 is 12.6. The second-order valence-electron chi connectivity index (χ2n) is 7.07. The number of hydrogen-bond acceptors (Lipinski definition) is 2. The highest BCUT2D eigenvalue weighted by molar-refractivity contribution is 6.36. The van der Waals surface area contributed by atoms with E-state index in [0.717, 1.165) is 17.5 Å². The van der Waals surface area contributed by atoms with Gasteiger partial charge < -0.3 is 15.5 Å². The standard InChI is InChI=1S/C22H28Cl2N4O/c1-15(20-18(23)9-6-10-19(20)24)14-27-22(25-2)26-12-11-16-7-5-8-17(13-16)21(29)28(3)4/h5-10,13,15H,11-12,14H2,1-4H3,(H2,25,26,27). The summed E-state index contributed by atoms with van der Waals surface area (Å²) in [7, 11) is 5.24. The molecule has 0 bridgehead atoms. The fourth-order valence-corrected chi connectivity index (χ4v) is 3.77. The van der Waals surface area contributed by atoms with E-state index in [9.17, 15) is 4.79 Å². The monoisotopic (exact) mass is 434 g/mol. The number of carbonyl (C=O) groups excluding carboxylic acids is 1. The number of rotatable bonds is 7. The molecule has 0 radical (unpaired) electrons. The molecular formula is C22H28Cl2N4O. The van der Waals surface area contributed by atoms with Crippen molar-refractivity contribution in [3.05, 3.63) is 69.2 Å². The van der Waals surface area contributed by atoms with E-state index in [2.05, 4.69) is 22.5 Å². The Bertz CT molecular complexity index is 847. The first kappa shape index (κ1) is 23.0. The van der Waals surface area contributed by atoms with Crippen molar-refractivity contribution in [2.75, 3.05) is 34.2 Å². The Morgan fingerprint density at radius 3 is 2.38 bits per heavy atom. The van der Waals surface area contributed by atoms with Gasteiger partial charge in [0.2, 0.25) is 0 Å². The van der Waals surface area contributed by atoms with Crippen LogP contribution >= 0.6 is 23.2 Å². The summed E-state index contributed by atoms with van der Waals surface area (Å²) in [6, 6.07) is 13.2. The zero-order valence-electron chi connectivity index (χ0n) is 17.3. The minimum atomic E-state index is 0.00417. The van der Waals surface area contributed by atoms with Crippen molar-refractivity contribution in [3.8, 4) is 0 Å². The van der Waals surface area contributed by atoms with Crippen molar-refractivity contribution in [3.63, 3.8) is 0 Å². The maximum absolute atomic E-state index is 12.1. The number of carbonyl (C=O) groups is 1. The summed E-state index contributed by atoms with van der Waals surface area (Å²) < 4.78 is 0. The number of hydrogen-bond donors (Lipinski definition) is 2. The molecule has 0 aliphatic carbocycles. The molecule has 0 spiro atoms. The van der Waals surface area contributed by atoms with Crippen LogP contribution in [0.15, 0.2) is 47.5 Å². The van der Waals surface area contributed by atoms with E-state index in [1.165, 1.54) is 0 Å². The second kappa shape index (κ2) is 11.1. The van der Waals surface area contributed by atoms with Crippen LogP contribution in [0.5, 0.6) is 0 Å². The molecule has 1 amide bonds. The van der Waals surface area contributed by atoms with Crippen molar-refractivity contribution >= 4 is 35.1 Å². The Kier molecular flexibility index (Phi) is 8.80. The summed E-state index contributed by atoms with van der Waals surface area (Å²) in [4.78, 5) is 17.9. The molecule has 156 valence electrons. The van der Waals surface area contributed by atoms with Crippen LogP contribution in [0, 0.1) is 0 Å². The summed E-state index contributed by atoms with van der Waals surface area (Å²) in [6.45, 7) is 3.41. The maximum Gasteiger partial charge on any atom is 0.253 e. The number of guanidine groups is 1. The topological polar surface area (TPSA) is 56.7 Å². The lowest BCUT2D eigenvalue weighted by molar-refractivity contribution is 0.0827. The van der Waals surface area contributed by atoms with Crippen molar-refractivity contribution < 1.29 is 4.79 Å². The van der Waals surface area contributed by atoms with Gasteiger partial charge in [0.05, 0.1) is 0 Å². The van der Waals surface area contributed by atoms with Gasteiger partial charge in [0, 0.05) is 55.8 Å². The van der Waals surface area contributed by atoms with Crippen molar-refractivity contribution in [2.45, 2.75) is 19.3 Å². The van der Waals surface area contributed by atoms with E-state index in [0.29, 0.717) is 34.7 Å². The molecule has 1 unspecified atom stereocenters. The highest BCUT2D eigenvalue weighted by atomic mass is 35.5. The molecule has 0 aliphatic rings. The molecule has 1 atom stereocenters. The van der Waals surface area contributed by atoms with Crippen LogP contribution < -0.4 is 10.6 Å². The van der Waals surface area contributed by atoms with Gasteiger partial charge in [0.15, 0.2) is 5.96 Å². The number of benzene rings is 2. The second-order valence-corrected chi connectivity index (χ2v) is 7.88. The van der Waals surface area contributed by atoms with E-state index in [1.807, 2.05) is 42.5 Å². The van der Waals surface area contributed by atoms with E-state index >= 15 is 0 Å². The Balaban J connectivity index is 1.87. The summed E-state index contributed by atoms with van der Waals surface area (Å²) in [5, 5.41) is 7.95. The third-order valence-electron chi connectivity index (χ3n) is 4.58. The Morgan fingerprint density at radius 2 is 1.76 bits per heavy atom. The van der Waals surface area contributed by atoms with Crippen molar-refractivity contribution in [1.29, 1.82) is 0 Å². The Labute approximate surface area is 183 Å². The lowest BCUT2D eigenvalue weighted by Gasteiger charge is -2.18. The van der Waals surface area contributed by atoms with E-state index in [4.69, 9.17) is 23.2 Å². The van der Waals surface area contributed by atoms with Gasteiger partial charge in [-0.2, -0.15) is 0 Å². The van der Waals surface area contributed by atoms with Gasteiger partial charge in [-0.1, -0.05) is 48.3 Å². The maximum atomic E-state index is 12.1. The summed E-state index contributed by atoms with van der Waals surface area (Å²) in [5.41, 5.74) is 2.72. The highest BCUT2D eigenvalue weighted by Crippen LogP contribution is 2.30. The molecule has 0 saturated heterocycles. The van der Waals surface area contributed by atoms with Gasteiger partial charge in [-0.15, -0.1) is 0 Å². The number of amides is 1. The van der Waals surface area contributed by atoms with E-state index in [1.54, 1.807) is 26.0 Å². The fourth-order valence-electron chi connectivity index (χ4n) is 3.00. The zero-order valence-corrected chi connectivity index (χ0v) is 18.8. The van der Waals surface area contributed by atoms with Crippen LogP contribution in [0.3, 0.4) is 0 Å². The van der Waals surface area contributed by atoms with Gasteiger partial charge in [-0.05, 0) is 41.8 Å². The molecule has 0 heterocycles. The van der Waals surface area contributed by atoms with Gasteiger partial charge in [-0.3, -0.25) is 9.79 Å². The molecule has 0 saturated carbocycles. The van der Waals surface area contributed by atoms with E-state index in [-0.39, 0.29) is 11.8 Å². The van der Waals surface area contributed by atoms with Crippen LogP contribution in [0.25, 0.3) is 0 Å². The minimum absolute atomic E-state index is 0.00417. The van der Waals surface area contributed by atoms with Gasteiger partial charge in [0.25, 0.3) is 5.91 Å². The largest absolute Gasteiger partial charge is 0.356 e. The highest BCUT2D eigenvalue weighted by Gasteiger charge is 2.14. The molecule has 2 aromatic carbocycles.